The highest BCUT2D eigenvalue weighted by molar-refractivity contribution is 9.10. The van der Waals surface area contributed by atoms with Crippen molar-refractivity contribution < 1.29 is 18.7 Å². The van der Waals surface area contributed by atoms with Crippen LogP contribution in [0.5, 0.6) is 5.75 Å². The first kappa shape index (κ1) is 26.5. The molecule has 1 amide bonds. The van der Waals surface area contributed by atoms with Crippen LogP contribution in [0.25, 0.3) is 0 Å². The number of halogens is 2. The zero-order valence-electron chi connectivity index (χ0n) is 20.3. The summed E-state index contributed by atoms with van der Waals surface area (Å²) in [5.74, 6) is 0.742. The molecule has 0 aromatic heterocycles. The molecule has 0 spiro atoms. The maximum atomic E-state index is 12.9. The summed E-state index contributed by atoms with van der Waals surface area (Å²) in [5.41, 5.74) is 0.381. The zero-order chi connectivity index (χ0) is 23.8. The van der Waals surface area contributed by atoms with Gasteiger partial charge in [-0.2, -0.15) is 0 Å². The molecule has 1 heterocycles. The first-order valence-electron chi connectivity index (χ1n) is 10.8. The minimum Gasteiger partial charge on any atom is -0.487 e. The summed E-state index contributed by atoms with van der Waals surface area (Å²) in [7, 11) is -2.02. The van der Waals surface area contributed by atoms with E-state index in [9.17, 15) is 4.79 Å². The van der Waals surface area contributed by atoms with E-state index >= 15 is 0 Å². The fourth-order valence-corrected chi connectivity index (χ4v) is 5.67. The Morgan fingerprint density at radius 1 is 1.13 bits per heavy atom. The van der Waals surface area contributed by atoms with Gasteiger partial charge in [-0.25, -0.2) is 4.79 Å². The Morgan fingerprint density at radius 2 is 1.71 bits per heavy atom. The Balaban J connectivity index is 2.27. The van der Waals surface area contributed by atoms with Crippen molar-refractivity contribution in [3.8, 4) is 5.75 Å². The van der Waals surface area contributed by atoms with Gasteiger partial charge >= 0.3 is 6.09 Å². The lowest BCUT2D eigenvalue weighted by Gasteiger charge is -2.44. The van der Waals surface area contributed by atoms with Crippen LogP contribution in [0, 0.1) is 6.92 Å². The molecule has 2 rings (SSSR count). The maximum absolute atomic E-state index is 12.9. The lowest BCUT2D eigenvalue weighted by atomic mass is 10.1. The Hall–Kier alpha value is -0.763. The standard InChI is InChI=1S/C23H37BrClNO4Si/c1-15-10-16(25)11-19(24)20(15)28-17-12-18(30-31(8,9)23(5,6)7)14-26(13-17)21(27)29-22(2,3)4/h10-11,17-18H,12-14H2,1-9H3/t17-,18+/m0/s1. The van der Waals surface area contributed by atoms with Crippen LogP contribution in [-0.4, -0.2) is 50.2 Å². The minimum atomic E-state index is -2.02. The Morgan fingerprint density at radius 3 is 2.23 bits per heavy atom. The van der Waals surface area contributed by atoms with Crippen molar-refractivity contribution in [1.29, 1.82) is 0 Å². The van der Waals surface area contributed by atoms with Gasteiger partial charge in [0.2, 0.25) is 0 Å². The highest BCUT2D eigenvalue weighted by Gasteiger charge is 2.42. The Kier molecular flexibility index (Phi) is 8.22. The molecule has 176 valence electrons. The molecular weight excluding hydrogens is 498 g/mol. The monoisotopic (exact) mass is 533 g/mol. The second-order valence-corrected chi connectivity index (χ2v) is 16.9. The molecule has 1 aromatic carbocycles. The van der Waals surface area contributed by atoms with E-state index in [1.54, 1.807) is 4.90 Å². The molecule has 0 saturated carbocycles. The molecule has 0 radical (unpaired) electrons. The number of likely N-dealkylation sites (tertiary alicyclic amines) is 1. The Labute approximate surface area is 202 Å². The predicted molar refractivity (Wildman–Crippen MR) is 133 cm³/mol. The van der Waals surface area contributed by atoms with Crippen molar-refractivity contribution in [2.75, 3.05) is 13.1 Å². The van der Waals surface area contributed by atoms with Gasteiger partial charge < -0.3 is 18.8 Å². The summed E-state index contributed by atoms with van der Waals surface area (Å²) >= 11 is 9.72. The Bertz CT molecular complexity index is 781. The van der Waals surface area contributed by atoms with Gasteiger partial charge in [0.05, 0.1) is 17.1 Å². The van der Waals surface area contributed by atoms with Crippen LogP contribution >= 0.6 is 27.5 Å². The van der Waals surface area contributed by atoms with Gasteiger partial charge in [-0.05, 0) is 79.5 Å². The molecule has 1 aliphatic heterocycles. The van der Waals surface area contributed by atoms with E-state index in [0.717, 1.165) is 15.8 Å². The number of aryl methyl sites for hydroxylation is 1. The van der Waals surface area contributed by atoms with Crippen LogP contribution in [0.2, 0.25) is 23.2 Å². The predicted octanol–water partition coefficient (Wildman–Crippen LogP) is 7.19. The van der Waals surface area contributed by atoms with Gasteiger partial charge in [0, 0.05) is 18.0 Å². The average molecular weight is 535 g/mol. The number of amides is 1. The number of carbonyl (C=O) groups is 1. The summed E-state index contributed by atoms with van der Waals surface area (Å²) < 4.78 is 19.5. The van der Waals surface area contributed by atoms with Crippen molar-refractivity contribution in [2.24, 2.45) is 0 Å². The first-order valence-corrected chi connectivity index (χ1v) is 14.8. The number of nitrogens with zero attached hydrogens (tertiary/aromatic N) is 1. The molecule has 0 bridgehead atoms. The molecule has 31 heavy (non-hydrogen) atoms. The summed E-state index contributed by atoms with van der Waals surface area (Å²) in [4.78, 5) is 14.6. The summed E-state index contributed by atoms with van der Waals surface area (Å²) in [6, 6.07) is 3.70. The van der Waals surface area contributed by atoms with E-state index in [1.807, 2.05) is 39.8 Å². The molecule has 0 unspecified atom stereocenters. The lowest BCUT2D eigenvalue weighted by Crippen LogP contribution is -2.55. The molecule has 8 heteroatoms. The quantitative estimate of drug-likeness (QED) is 0.384. The number of rotatable bonds is 4. The van der Waals surface area contributed by atoms with Crippen LogP contribution in [0.15, 0.2) is 16.6 Å². The maximum Gasteiger partial charge on any atom is 0.410 e. The van der Waals surface area contributed by atoms with Crippen molar-refractivity contribution >= 4 is 41.9 Å². The van der Waals surface area contributed by atoms with Gasteiger partial charge in [-0.1, -0.05) is 32.4 Å². The van der Waals surface area contributed by atoms with E-state index in [2.05, 4.69) is 49.8 Å². The largest absolute Gasteiger partial charge is 0.487 e. The second-order valence-electron chi connectivity index (χ2n) is 10.9. The number of hydrogen-bond acceptors (Lipinski definition) is 4. The SMILES string of the molecule is Cc1cc(Cl)cc(Br)c1O[C@H]1C[C@@H](O[Si](C)(C)C(C)(C)C)CN(C(=O)OC(C)(C)C)C1. The third kappa shape index (κ3) is 7.37. The summed E-state index contributed by atoms with van der Waals surface area (Å²) in [5, 5.41) is 0.725. The average Bonchev–Trinajstić information content (AvgIpc) is 2.55. The van der Waals surface area contributed by atoms with Crippen LogP contribution in [-0.2, 0) is 9.16 Å². The fourth-order valence-electron chi connectivity index (χ4n) is 3.25. The van der Waals surface area contributed by atoms with Crippen molar-refractivity contribution in [3.63, 3.8) is 0 Å². The number of carbonyl (C=O) groups excluding carboxylic acids is 1. The van der Waals surface area contributed by atoms with Crippen molar-refractivity contribution in [2.45, 2.75) is 90.8 Å². The number of ether oxygens (including phenoxy) is 2. The van der Waals surface area contributed by atoms with Gasteiger partial charge in [-0.15, -0.1) is 0 Å². The number of piperidine rings is 1. The van der Waals surface area contributed by atoms with Gasteiger partial charge in [-0.3, -0.25) is 0 Å². The van der Waals surface area contributed by atoms with Crippen molar-refractivity contribution in [3.05, 3.63) is 27.2 Å². The van der Waals surface area contributed by atoms with Crippen LogP contribution < -0.4 is 4.74 Å². The van der Waals surface area contributed by atoms with Gasteiger partial charge in [0.15, 0.2) is 8.32 Å². The van der Waals surface area contributed by atoms with E-state index in [4.69, 9.17) is 25.5 Å². The third-order valence-electron chi connectivity index (χ3n) is 5.77. The van der Waals surface area contributed by atoms with E-state index in [0.29, 0.717) is 24.5 Å². The third-order valence-corrected chi connectivity index (χ3v) is 11.1. The molecule has 0 N–H and O–H groups in total. The summed E-state index contributed by atoms with van der Waals surface area (Å²) in [6.07, 6.45) is 0.0441. The van der Waals surface area contributed by atoms with Crippen LogP contribution in [0.3, 0.4) is 0 Å². The van der Waals surface area contributed by atoms with E-state index < -0.39 is 13.9 Å². The molecular formula is C23H37BrClNO4Si. The molecule has 2 atom stereocenters. The molecule has 5 nitrogen and oxygen atoms in total. The first-order chi connectivity index (χ1) is 14.0. The van der Waals surface area contributed by atoms with Crippen LogP contribution in [0.4, 0.5) is 4.79 Å². The zero-order valence-corrected chi connectivity index (χ0v) is 23.6. The smallest absolute Gasteiger partial charge is 0.410 e. The number of hydrogen-bond donors (Lipinski definition) is 0. The molecule has 1 saturated heterocycles. The van der Waals surface area contributed by atoms with E-state index in [1.165, 1.54) is 0 Å². The topological polar surface area (TPSA) is 48.0 Å². The highest BCUT2D eigenvalue weighted by atomic mass is 79.9. The summed E-state index contributed by atoms with van der Waals surface area (Å²) in [6.45, 7) is 19.7. The molecule has 0 aliphatic carbocycles. The number of benzene rings is 1. The molecule has 1 fully saturated rings. The molecule has 1 aliphatic rings. The highest BCUT2D eigenvalue weighted by Crippen LogP contribution is 2.39. The second kappa shape index (κ2) is 9.62. The van der Waals surface area contributed by atoms with Gasteiger partial charge in [0.1, 0.15) is 17.5 Å². The van der Waals surface area contributed by atoms with E-state index in [-0.39, 0.29) is 23.3 Å². The van der Waals surface area contributed by atoms with Gasteiger partial charge in [0.25, 0.3) is 0 Å². The van der Waals surface area contributed by atoms with Crippen LogP contribution in [0.1, 0.15) is 53.5 Å². The fraction of sp³-hybridized carbons (Fsp3) is 0.696. The molecule has 1 aromatic rings. The lowest BCUT2D eigenvalue weighted by molar-refractivity contribution is -0.0203. The normalized spacial score (nSPS) is 20.5. The minimum absolute atomic E-state index is 0.0767. The van der Waals surface area contributed by atoms with Crippen molar-refractivity contribution in [1.82, 2.24) is 4.90 Å².